The molecule has 0 aliphatic rings. The van der Waals surface area contributed by atoms with Crippen molar-refractivity contribution in [2.75, 3.05) is 13.2 Å². The Kier molecular flexibility index (Phi) is 69.4. The number of esters is 1. The van der Waals surface area contributed by atoms with Crippen LogP contribution in [0.25, 0.3) is 0 Å². The molecule has 1 amide bonds. The zero-order valence-corrected chi connectivity index (χ0v) is 55.0. The van der Waals surface area contributed by atoms with Crippen molar-refractivity contribution in [3.63, 3.8) is 0 Å². The number of carbonyl (C=O) groups is 2. The summed E-state index contributed by atoms with van der Waals surface area (Å²) in [6.07, 6.45) is 89.6. The van der Waals surface area contributed by atoms with Gasteiger partial charge in [-0.25, -0.2) is 0 Å². The van der Waals surface area contributed by atoms with Crippen molar-refractivity contribution < 1.29 is 24.5 Å². The highest BCUT2D eigenvalue weighted by Gasteiger charge is 2.20. The molecule has 0 saturated carbocycles. The maximum Gasteiger partial charge on any atom is 0.305 e. The maximum atomic E-state index is 12.5. The van der Waals surface area contributed by atoms with Crippen LogP contribution in [0.1, 0.15) is 418 Å². The molecule has 2 unspecified atom stereocenters. The number of amides is 1. The van der Waals surface area contributed by atoms with Gasteiger partial charge >= 0.3 is 5.97 Å². The molecule has 0 bridgehead atoms. The van der Waals surface area contributed by atoms with E-state index in [4.69, 9.17) is 4.74 Å². The van der Waals surface area contributed by atoms with Gasteiger partial charge < -0.3 is 20.3 Å². The van der Waals surface area contributed by atoms with Crippen LogP contribution in [-0.4, -0.2) is 47.4 Å². The van der Waals surface area contributed by atoms with E-state index in [1.807, 2.05) is 0 Å². The maximum absolute atomic E-state index is 12.5. The molecule has 0 aromatic carbocycles. The van der Waals surface area contributed by atoms with Crippen LogP contribution < -0.4 is 5.32 Å². The van der Waals surface area contributed by atoms with E-state index in [2.05, 4.69) is 43.5 Å². The van der Waals surface area contributed by atoms with E-state index in [-0.39, 0.29) is 18.5 Å². The topological polar surface area (TPSA) is 95.9 Å². The number of rotatable bonds is 70. The van der Waals surface area contributed by atoms with Gasteiger partial charge in [-0.15, -0.1) is 0 Å². The number of unbranched alkanes of at least 4 members (excludes halogenated alkanes) is 55. The first-order valence-corrected chi connectivity index (χ1v) is 37.1. The summed E-state index contributed by atoms with van der Waals surface area (Å²) in [7, 11) is 0. The minimum absolute atomic E-state index is 0.0136. The first-order chi connectivity index (χ1) is 40.0. The quantitative estimate of drug-likeness (QED) is 0.0320. The molecular formula is C75H145NO5. The highest BCUT2D eigenvalue weighted by Crippen LogP contribution is 2.19. The smallest absolute Gasteiger partial charge is 0.305 e. The highest BCUT2D eigenvalue weighted by molar-refractivity contribution is 5.76. The predicted molar refractivity (Wildman–Crippen MR) is 356 cm³/mol. The Balaban J connectivity index is 3.32. The molecule has 480 valence electrons. The van der Waals surface area contributed by atoms with Gasteiger partial charge in [0.1, 0.15) is 0 Å². The van der Waals surface area contributed by atoms with Crippen molar-refractivity contribution in [2.45, 2.75) is 431 Å². The first-order valence-electron chi connectivity index (χ1n) is 37.1. The monoisotopic (exact) mass is 1140 g/mol. The second-order valence-electron chi connectivity index (χ2n) is 25.6. The van der Waals surface area contributed by atoms with E-state index in [0.29, 0.717) is 25.9 Å². The fourth-order valence-electron chi connectivity index (χ4n) is 11.9. The molecule has 3 N–H and O–H groups in total. The molecule has 81 heavy (non-hydrogen) atoms. The van der Waals surface area contributed by atoms with E-state index in [1.54, 1.807) is 0 Å². The minimum Gasteiger partial charge on any atom is -0.466 e. The summed E-state index contributed by atoms with van der Waals surface area (Å²) in [5, 5.41) is 23.4. The number of aliphatic hydroxyl groups excluding tert-OH is 2. The van der Waals surface area contributed by atoms with Gasteiger partial charge in [0.25, 0.3) is 0 Å². The lowest BCUT2D eigenvalue weighted by molar-refractivity contribution is -0.143. The summed E-state index contributed by atoms with van der Waals surface area (Å²) in [6, 6.07) is -0.538. The van der Waals surface area contributed by atoms with Crippen LogP contribution >= 0.6 is 0 Å². The molecule has 0 aromatic heterocycles. The number of allylic oxidation sites excluding steroid dienone is 4. The molecule has 0 fully saturated rings. The number of aliphatic hydroxyl groups is 2. The van der Waals surface area contributed by atoms with Gasteiger partial charge in [0.2, 0.25) is 5.91 Å². The van der Waals surface area contributed by atoms with E-state index in [0.717, 1.165) is 51.4 Å². The lowest BCUT2D eigenvalue weighted by Gasteiger charge is -2.22. The summed E-state index contributed by atoms with van der Waals surface area (Å²) in [6.45, 7) is 4.98. The highest BCUT2D eigenvalue weighted by atomic mass is 16.5. The standard InChI is InChI=1S/C75H145NO5/c1-3-5-7-9-11-13-15-17-19-21-37-41-45-49-53-57-61-65-69-75(80)81-70-66-62-58-54-50-46-42-38-35-33-31-29-27-25-23-22-24-26-28-30-32-34-36-40-44-48-52-56-60-64-68-74(79)76-72(71-77)73(78)67-63-59-55-51-47-43-39-20-18-16-14-12-10-8-6-4-2/h13,15,19,21,72-73,77-78H,3-12,14,16-18,20,22-71H2,1-2H3,(H,76,79)/b15-13-,21-19-. The minimum atomic E-state index is -0.661. The summed E-state index contributed by atoms with van der Waals surface area (Å²) < 4.78 is 5.51. The summed E-state index contributed by atoms with van der Waals surface area (Å²) in [4.78, 5) is 24.6. The normalized spacial score (nSPS) is 12.6. The van der Waals surface area contributed by atoms with Gasteiger partial charge in [0.15, 0.2) is 0 Å². The third-order valence-corrected chi connectivity index (χ3v) is 17.5. The van der Waals surface area contributed by atoms with Gasteiger partial charge in [0.05, 0.1) is 25.4 Å². The lowest BCUT2D eigenvalue weighted by Crippen LogP contribution is -2.45. The zero-order valence-electron chi connectivity index (χ0n) is 55.0. The van der Waals surface area contributed by atoms with Crippen molar-refractivity contribution in [1.29, 1.82) is 0 Å². The van der Waals surface area contributed by atoms with Crippen LogP contribution in [-0.2, 0) is 14.3 Å². The molecule has 0 rings (SSSR count). The van der Waals surface area contributed by atoms with E-state index in [9.17, 15) is 19.8 Å². The molecular weight excluding hydrogens is 995 g/mol. The Bertz CT molecular complexity index is 1270. The number of hydrogen-bond donors (Lipinski definition) is 3. The Labute approximate surface area is 507 Å². The second-order valence-corrected chi connectivity index (χ2v) is 25.6. The molecule has 0 aliphatic carbocycles. The molecule has 0 aliphatic heterocycles. The van der Waals surface area contributed by atoms with Crippen LogP contribution in [0.4, 0.5) is 0 Å². The van der Waals surface area contributed by atoms with Crippen molar-refractivity contribution in [1.82, 2.24) is 5.32 Å². The van der Waals surface area contributed by atoms with E-state index in [1.165, 1.54) is 334 Å². The van der Waals surface area contributed by atoms with Gasteiger partial charge in [0, 0.05) is 12.8 Å². The van der Waals surface area contributed by atoms with Crippen LogP contribution in [0.3, 0.4) is 0 Å². The Hall–Kier alpha value is -1.66. The van der Waals surface area contributed by atoms with E-state index >= 15 is 0 Å². The number of carbonyl (C=O) groups excluding carboxylic acids is 2. The van der Waals surface area contributed by atoms with Crippen molar-refractivity contribution in [3.8, 4) is 0 Å². The SMILES string of the molecule is CCCCCC/C=C\C/C=C\CCCCCCCCCC(=O)OCCCCCCCCCCCCCCCCCCCCCCCCCCCCCCCCC(=O)NC(CO)C(O)CCCCCCCCCCCCCCCCCC. The fraction of sp³-hybridized carbons (Fsp3) is 0.920. The second kappa shape index (κ2) is 70.8. The van der Waals surface area contributed by atoms with Crippen molar-refractivity contribution in [2.24, 2.45) is 0 Å². The molecule has 0 saturated heterocycles. The molecule has 0 radical (unpaired) electrons. The van der Waals surface area contributed by atoms with Crippen LogP contribution in [0.15, 0.2) is 24.3 Å². The third kappa shape index (κ3) is 67.3. The lowest BCUT2D eigenvalue weighted by atomic mass is 10.0. The molecule has 2 atom stereocenters. The zero-order chi connectivity index (χ0) is 58.5. The van der Waals surface area contributed by atoms with E-state index < -0.39 is 12.1 Å². The Morgan fingerprint density at radius 1 is 0.346 bits per heavy atom. The Morgan fingerprint density at radius 2 is 0.617 bits per heavy atom. The average molecular weight is 1140 g/mol. The van der Waals surface area contributed by atoms with Crippen LogP contribution in [0.5, 0.6) is 0 Å². The number of hydrogen-bond acceptors (Lipinski definition) is 5. The number of nitrogens with one attached hydrogen (secondary N) is 1. The summed E-state index contributed by atoms with van der Waals surface area (Å²) >= 11 is 0. The van der Waals surface area contributed by atoms with Gasteiger partial charge in [-0.2, -0.15) is 0 Å². The summed E-state index contributed by atoms with van der Waals surface area (Å²) in [5.41, 5.74) is 0. The van der Waals surface area contributed by atoms with Crippen LogP contribution in [0, 0.1) is 0 Å². The molecule has 6 heteroatoms. The molecule has 6 nitrogen and oxygen atoms in total. The fourth-order valence-corrected chi connectivity index (χ4v) is 11.9. The molecule has 0 heterocycles. The van der Waals surface area contributed by atoms with Gasteiger partial charge in [-0.05, 0) is 57.8 Å². The number of ether oxygens (including phenoxy) is 1. The molecule has 0 spiro atoms. The molecule has 0 aromatic rings. The van der Waals surface area contributed by atoms with Gasteiger partial charge in [-0.1, -0.05) is 372 Å². The summed E-state index contributed by atoms with van der Waals surface area (Å²) in [5.74, 6) is -0.0139. The van der Waals surface area contributed by atoms with Crippen molar-refractivity contribution in [3.05, 3.63) is 24.3 Å². The third-order valence-electron chi connectivity index (χ3n) is 17.5. The average Bonchev–Trinajstić information content (AvgIpc) is 3.47. The Morgan fingerprint density at radius 3 is 0.951 bits per heavy atom. The predicted octanol–water partition coefficient (Wildman–Crippen LogP) is 24.1. The first kappa shape index (κ1) is 79.3. The van der Waals surface area contributed by atoms with Gasteiger partial charge in [-0.3, -0.25) is 9.59 Å². The van der Waals surface area contributed by atoms with Crippen molar-refractivity contribution >= 4 is 11.9 Å². The largest absolute Gasteiger partial charge is 0.466 e. The van der Waals surface area contributed by atoms with Crippen LogP contribution in [0.2, 0.25) is 0 Å².